The Labute approximate surface area is 141 Å². The summed E-state index contributed by atoms with van der Waals surface area (Å²) in [6.07, 6.45) is 0. The van der Waals surface area contributed by atoms with Gasteiger partial charge in [-0.15, -0.1) is 0 Å². The maximum atomic E-state index is 10.7. The molecule has 0 atom stereocenters. The Morgan fingerprint density at radius 2 is 1.71 bits per heavy atom. The molecule has 130 valence electrons. The van der Waals surface area contributed by atoms with E-state index in [0.717, 1.165) is 13.1 Å². The smallest absolute Gasteiger partial charge is 0.269 e. The molecule has 0 unspecified atom stereocenters. The van der Waals surface area contributed by atoms with Crippen molar-refractivity contribution in [2.24, 2.45) is 11.8 Å². The second-order valence-corrected chi connectivity index (χ2v) is 6.80. The van der Waals surface area contributed by atoms with Crippen LogP contribution >= 0.6 is 0 Å². The van der Waals surface area contributed by atoms with E-state index in [1.54, 1.807) is 12.1 Å². The first kappa shape index (κ1) is 18.1. The van der Waals surface area contributed by atoms with E-state index in [1.165, 1.54) is 12.1 Å². The summed E-state index contributed by atoms with van der Waals surface area (Å²) >= 11 is 0. The quantitative estimate of drug-likeness (QED) is 0.540. The Kier molecular flexibility index (Phi) is 6.03. The van der Waals surface area contributed by atoms with Gasteiger partial charge in [0.15, 0.2) is 0 Å². The van der Waals surface area contributed by atoms with Crippen LogP contribution in [0, 0.1) is 22.0 Å². The average molecular weight is 332 g/mol. The molecule has 2 rings (SSSR count). The van der Waals surface area contributed by atoms with Gasteiger partial charge < -0.3 is 4.52 Å². The van der Waals surface area contributed by atoms with Crippen LogP contribution in [0.15, 0.2) is 28.8 Å². The first-order chi connectivity index (χ1) is 11.3. The molecule has 0 aliphatic heterocycles. The largest absolute Gasteiger partial charge is 0.338 e. The highest BCUT2D eigenvalue weighted by Gasteiger charge is 2.16. The third-order valence-electron chi connectivity index (χ3n) is 3.41. The summed E-state index contributed by atoms with van der Waals surface area (Å²) in [4.78, 5) is 17.0. The molecule has 0 saturated heterocycles. The zero-order valence-electron chi connectivity index (χ0n) is 14.6. The van der Waals surface area contributed by atoms with Gasteiger partial charge >= 0.3 is 0 Å². The highest BCUT2D eigenvalue weighted by molar-refractivity contribution is 5.56. The Morgan fingerprint density at radius 1 is 1.12 bits per heavy atom. The fraction of sp³-hybridized carbons (Fsp3) is 0.529. The van der Waals surface area contributed by atoms with E-state index in [4.69, 9.17) is 4.52 Å². The number of aromatic nitrogens is 2. The standard InChI is InChI=1S/C17H24N4O3/c1-12(2)9-20(10-13(3)4)11-16-18-17(19-24-16)14-5-7-15(8-6-14)21(22)23/h5-8,12-13H,9-11H2,1-4H3. The molecular weight excluding hydrogens is 308 g/mol. The lowest BCUT2D eigenvalue weighted by atomic mass is 10.1. The van der Waals surface area contributed by atoms with Crippen LogP contribution in [0.2, 0.25) is 0 Å². The van der Waals surface area contributed by atoms with E-state index in [-0.39, 0.29) is 5.69 Å². The number of nitro groups is 1. The van der Waals surface area contributed by atoms with Crippen LogP contribution in [0.4, 0.5) is 5.69 Å². The lowest BCUT2D eigenvalue weighted by Gasteiger charge is -2.24. The molecule has 0 radical (unpaired) electrons. The molecule has 0 aliphatic carbocycles. The molecule has 1 aromatic carbocycles. The second kappa shape index (κ2) is 8.01. The van der Waals surface area contributed by atoms with E-state index in [1.807, 2.05) is 0 Å². The maximum Gasteiger partial charge on any atom is 0.269 e. The van der Waals surface area contributed by atoms with Crippen molar-refractivity contribution >= 4 is 5.69 Å². The van der Waals surface area contributed by atoms with Crippen LogP contribution in [0.25, 0.3) is 11.4 Å². The number of hydrogen-bond acceptors (Lipinski definition) is 6. The molecule has 0 saturated carbocycles. The van der Waals surface area contributed by atoms with Gasteiger partial charge in [-0.1, -0.05) is 32.9 Å². The lowest BCUT2D eigenvalue weighted by Crippen LogP contribution is -2.31. The Bertz CT molecular complexity index is 655. The number of non-ortho nitro benzene ring substituents is 1. The third-order valence-corrected chi connectivity index (χ3v) is 3.41. The number of rotatable bonds is 8. The van der Waals surface area contributed by atoms with Gasteiger partial charge in [0.2, 0.25) is 11.7 Å². The molecule has 1 heterocycles. The van der Waals surface area contributed by atoms with E-state index < -0.39 is 4.92 Å². The second-order valence-electron chi connectivity index (χ2n) is 6.80. The monoisotopic (exact) mass is 332 g/mol. The molecule has 7 nitrogen and oxygen atoms in total. The molecular formula is C17H24N4O3. The first-order valence-corrected chi connectivity index (χ1v) is 8.15. The minimum atomic E-state index is -0.429. The van der Waals surface area contributed by atoms with E-state index in [0.29, 0.717) is 35.7 Å². The Morgan fingerprint density at radius 3 is 2.21 bits per heavy atom. The van der Waals surface area contributed by atoms with Crippen molar-refractivity contribution in [1.82, 2.24) is 15.0 Å². The molecule has 2 aromatic rings. The van der Waals surface area contributed by atoms with Crippen LogP contribution in [0.3, 0.4) is 0 Å². The maximum absolute atomic E-state index is 10.7. The predicted octanol–water partition coefficient (Wildman–Crippen LogP) is 3.76. The Balaban J connectivity index is 2.09. The summed E-state index contributed by atoms with van der Waals surface area (Å²) in [5.74, 6) is 2.13. The highest BCUT2D eigenvalue weighted by Crippen LogP contribution is 2.20. The van der Waals surface area contributed by atoms with Crippen LogP contribution in [-0.2, 0) is 6.54 Å². The molecule has 1 aromatic heterocycles. The van der Waals surface area contributed by atoms with E-state index in [9.17, 15) is 10.1 Å². The van der Waals surface area contributed by atoms with E-state index in [2.05, 4.69) is 42.7 Å². The normalized spacial score (nSPS) is 11.6. The minimum Gasteiger partial charge on any atom is -0.338 e. The number of hydrogen-bond donors (Lipinski definition) is 0. The summed E-state index contributed by atoms with van der Waals surface area (Å²) in [6.45, 7) is 11.3. The number of nitro benzene ring substituents is 1. The van der Waals surface area contributed by atoms with Crippen LogP contribution in [0.1, 0.15) is 33.6 Å². The van der Waals surface area contributed by atoms with Gasteiger partial charge in [-0.25, -0.2) is 0 Å². The van der Waals surface area contributed by atoms with E-state index >= 15 is 0 Å². The summed E-state index contributed by atoms with van der Waals surface area (Å²) in [7, 11) is 0. The van der Waals surface area contributed by atoms with Gasteiger partial charge in [-0.3, -0.25) is 15.0 Å². The van der Waals surface area contributed by atoms with Gasteiger partial charge in [0.25, 0.3) is 5.69 Å². The first-order valence-electron chi connectivity index (χ1n) is 8.15. The Hall–Kier alpha value is -2.28. The van der Waals surface area contributed by atoms with Crippen LogP contribution in [0.5, 0.6) is 0 Å². The van der Waals surface area contributed by atoms with Crippen LogP contribution in [-0.4, -0.2) is 33.1 Å². The van der Waals surface area contributed by atoms with Gasteiger partial charge in [0.05, 0.1) is 11.5 Å². The summed E-state index contributed by atoms with van der Waals surface area (Å²) in [5, 5.41) is 14.7. The van der Waals surface area contributed by atoms with Crippen molar-refractivity contribution in [2.45, 2.75) is 34.2 Å². The summed E-state index contributed by atoms with van der Waals surface area (Å²) in [6, 6.07) is 6.14. The molecule has 0 fully saturated rings. The minimum absolute atomic E-state index is 0.0440. The predicted molar refractivity (Wildman–Crippen MR) is 91.3 cm³/mol. The number of benzene rings is 1. The molecule has 0 aliphatic rings. The lowest BCUT2D eigenvalue weighted by molar-refractivity contribution is -0.384. The van der Waals surface area contributed by atoms with Crippen molar-refractivity contribution in [1.29, 1.82) is 0 Å². The molecule has 0 N–H and O–H groups in total. The SMILES string of the molecule is CC(C)CN(Cc1nc(-c2ccc([N+](=O)[O-])cc2)no1)CC(C)C. The molecule has 7 heteroatoms. The fourth-order valence-corrected chi connectivity index (χ4v) is 2.60. The zero-order chi connectivity index (χ0) is 17.7. The molecule has 0 bridgehead atoms. The fourth-order valence-electron chi connectivity index (χ4n) is 2.60. The van der Waals surface area contributed by atoms with Gasteiger partial charge in [-0.2, -0.15) is 4.98 Å². The zero-order valence-corrected chi connectivity index (χ0v) is 14.6. The van der Waals surface area contributed by atoms with Crippen molar-refractivity contribution in [3.63, 3.8) is 0 Å². The number of nitrogens with zero attached hydrogens (tertiary/aromatic N) is 4. The van der Waals surface area contributed by atoms with Crippen molar-refractivity contribution in [3.8, 4) is 11.4 Å². The molecule has 24 heavy (non-hydrogen) atoms. The summed E-state index contributed by atoms with van der Waals surface area (Å²) < 4.78 is 5.35. The topological polar surface area (TPSA) is 85.3 Å². The van der Waals surface area contributed by atoms with Gasteiger partial charge in [0.1, 0.15) is 0 Å². The van der Waals surface area contributed by atoms with Crippen molar-refractivity contribution < 1.29 is 9.45 Å². The highest BCUT2D eigenvalue weighted by atomic mass is 16.6. The average Bonchev–Trinajstić information content (AvgIpc) is 2.94. The molecule has 0 spiro atoms. The summed E-state index contributed by atoms with van der Waals surface area (Å²) in [5.41, 5.74) is 0.748. The van der Waals surface area contributed by atoms with Crippen LogP contribution < -0.4 is 0 Å². The molecule has 0 amide bonds. The van der Waals surface area contributed by atoms with Crippen molar-refractivity contribution in [3.05, 3.63) is 40.3 Å². The van der Waals surface area contributed by atoms with Crippen molar-refractivity contribution in [2.75, 3.05) is 13.1 Å². The van der Waals surface area contributed by atoms with Gasteiger partial charge in [-0.05, 0) is 24.0 Å². The third kappa shape index (κ3) is 5.13. The van der Waals surface area contributed by atoms with Gasteiger partial charge in [0, 0.05) is 30.8 Å².